The van der Waals surface area contributed by atoms with Crippen LogP contribution in [0.1, 0.15) is 57.1 Å². The second-order valence-electron chi connectivity index (χ2n) is 9.59. The quantitative estimate of drug-likeness (QED) is 0.416. The largest absolute Gasteiger partial charge is 0.481 e. The lowest BCUT2D eigenvalue weighted by Gasteiger charge is -2.25. The van der Waals surface area contributed by atoms with Crippen LogP contribution in [0.25, 0.3) is 11.1 Å². The molecule has 0 saturated carbocycles. The van der Waals surface area contributed by atoms with Crippen molar-refractivity contribution < 1.29 is 29.0 Å². The first-order valence-electron chi connectivity index (χ1n) is 11.9. The molecule has 1 atom stereocenters. The van der Waals surface area contributed by atoms with Gasteiger partial charge in [0, 0.05) is 18.9 Å². The summed E-state index contributed by atoms with van der Waals surface area (Å²) in [5, 5.41) is 14.1. The van der Waals surface area contributed by atoms with Gasteiger partial charge in [-0.1, -0.05) is 48.5 Å². The van der Waals surface area contributed by atoms with E-state index in [1.165, 1.54) is 0 Å². The van der Waals surface area contributed by atoms with Gasteiger partial charge in [0.05, 0.1) is 12.2 Å². The zero-order valence-corrected chi connectivity index (χ0v) is 20.5. The predicted octanol–water partition coefficient (Wildman–Crippen LogP) is 4.08. The minimum atomic E-state index is -0.940. The highest BCUT2D eigenvalue weighted by Gasteiger charge is 2.30. The second kappa shape index (κ2) is 11.8. The summed E-state index contributed by atoms with van der Waals surface area (Å²) in [6.07, 6.45) is 0.328. The first kappa shape index (κ1) is 26.2. The average Bonchev–Trinajstić information content (AvgIpc) is 3.13. The SMILES string of the molecule is CC(C)(C)OC[C@H](NC(=O)OCC1c2ccccc2-c2ccccc21)C(=O)NCCCCC(=O)O. The standard InChI is InChI=1S/C27H34N2O6/c1-27(2,3)35-17-23(25(32)28-15-9-8-14-24(30)31)29-26(33)34-16-22-20-12-6-4-10-18(20)19-11-5-7-13-21(19)22/h4-7,10-13,22-23H,8-9,14-17H2,1-3H3,(H,28,32)(H,29,33)(H,30,31)/t23-/m0/s1. The number of nitrogens with one attached hydrogen (secondary N) is 2. The maximum atomic E-state index is 12.7. The smallest absolute Gasteiger partial charge is 0.407 e. The lowest BCUT2D eigenvalue weighted by atomic mass is 9.98. The van der Waals surface area contributed by atoms with E-state index in [1.807, 2.05) is 57.2 Å². The van der Waals surface area contributed by atoms with Crippen molar-refractivity contribution >= 4 is 18.0 Å². The van der Waals surface area contributed by atoms with Crippen molar-refractivity contribution in [3.63, 3.8) is 0 Å². The fraction of sp³-hybridized carbons (Fsp3) is 0.444. The van der Waals surface area contributed by atoms with E-state index in [9.17, 15) is 14.4 Å². The summed E-state index contributed by atoms with van der Waals surface area (Å²) in [7, 11) is 0. The maximum Gasteiger partial charge on any atom is 0.407 e. The van der Waals surface area contributed by atoms with Crippen LogP contribution >= 0.6 is 0 Å². The number of amides is 2. The number of ether oxygens (including phenoxy) is 2. The zero-order chi connectivity index (χ0) is 25.4. The van der Waals surface area contributed by atoms with E-state index in [1.54, 1.807) is 0 Å². The average molecular weight is 483 g/mol. The van der Waals surface area contributed by atoms with Crippen molar-refractivity contribution in [2.24, 2.45) is 0 Å². The van der Waals surface area contributed by atoms with E-state index in [0.29, 0.717) is 19.4 Å². The lowest BCUT2D eigenvalue weighted by Crippen LogP contribution is -2.50. The Labute approximate surface area is 206 Å². The Bertz CT molecular complexity index is 1000. The van der Waals surface area contributed by atoms with Crippen LogP contribution in [0.3, 0.4) is 0 Å². The van der Waals surface area contributed by atoms with Crippen molar-refractivity contribution in [1.82, 2.24) is 10.6 Å². The normalized spacial score (nSPS) is 13.5. The number of hydrogen-bond donors (Lipinski definition) is 3. The Hall–Kier alpha value is -3.39. The molecule has 8 heteroatoms. The molecule has 0 aliphatic heterocycles. The molecule has 0 radical (unpaired) electrons. The molecular weight excluding hydrogens is 448 g/mol. The molecule has 0 unspecified atom stereocenters. The van der Waals surface area contributed by atoms with E-state index in [0.717, 1.165) is 22.3 Å². The summed E-state index contributed by atoms with van der Waals surface area (Å²) in [6.45, 7) is 6.02. The van der Waals surface area contributed by atoms with Crippen molar-refractivity contribution in [2.75, 3.05) is 19.8 Å². The molecular formula is C27H34N2O6. The van der Waals surface area contributed by atoms with Crippen LogP contribution in [-0.2, 0) is 19.1 Å². The van der Waals surface area contributed by atoms with Gasteiger partial charge in [-0.2, -0.15) is 0 Å². The minimum absolute atomic E-state index is 0.0192. The van der Waals surface area contributed by atoms with Crippen LogP contribution in [0.15, 0.2) is 48.5 Å². The fourth-order valence-electron chi connectivity index (χ4n) is 4.03. The molecule has 1 aliphatic carbocycles. The third kappa shape index (κ3) is 7.55. The van der Waals surface area contributed by atoms with Crippen molar-refractivity contribution in [1.29, 1.82) is 0 Å². The van der Waals surface area contributed by atoms with Gasteiger partial charge in [-0.25, -0.2) is 4.79 Å². The number of carbonyl (C=O) groups is 3. The minimum Gasteiger partial charge on any atom is -0.481 e. The third-order valence-corrected chi connectivity index (χ3v) is 5.75. The lowest BCUT2D eigenvalue weighted by molar-refractivity contribution is -0.137. The highest BCUT2D eigenvalue weighted by atomic mass is 16.5. The van der Waals surface area contributed by atoms with Gasteiger partial charge in [0.1, 0.15) is 12.6 Å². The molecule has 3 rings (SSSR count). The highest BCUT2D eigenvalue weighted by Crippen LogP contribution is 2.44. The predicted molar refractivity (Wildman–Crippen MR) is 132 cm³/mol. The third-order valence-electron chi connectivity index (χ3n) is 5.75. The summed E-state index contributed by atoms with van der Waals surface area (Å²) in [6, 6.07) is 15.2. The number of carboxylic acids is 1. The molecule has 0 aromatic heterocycles. The number of fused-ring (bicyclic) bond motifs is 3. The van der Waals surface area contributed by atoms with E-state index in [2.05, 4.69) is 22.8 Å². The van der Waals surface area contributed by atoms with Crippen LogP contribution in [0.5, 0.6) is 0 Å². The van der Waals surface area contributed by atoms with Gasteiger partial charge in [-0.05, 0) is 55.9 Å². The van der Waals surface area contributed by atoms with Gasteiger partial charge < -0.3 is 25.2 Å². The van der Waals surface area contributed by atoms with Crippen LogP contribution < -0.4 is 10.6 Å². The van der Waals surface area contributed by atoms with E-state index in [4.69, 9.17) is 14.6 Å². The number of unbranched alkanes of at least 4 members (excludes halogenated alkanes) is 1. The molecule has 8 nitrogen and oxygen atoms in total. The van der Waals surface area contributed by atoms with E-state index < -0.39 is 29.6 Å². The highest BCUT2D eigenvalue weighted by molar-refractivity contribution is 5.86. The van der Waals surface area contributed by atoms with Crippen LogP contribution in [0, 0.1) is 0 Å². The van der Waals surface area contributed by atoms with Gasteiger partial charge in [-0.3, -0.25) is 9.59 Å². The first-order chi connectivity index (χ1) is 16.7. The van der Waals surface area contributed by atoms with E-state index in [-0.39, 0.29) is 25.6 Å². The molecule has 0 saturated heterocycles. The first-order valence-corrected chi connectivity index (χ1v) is 11.9. The number of carboxylic acid groups (broad SMARTS) is 1. The van der Waals surface area contributed by atoms with Crippen LogP contribution in [0.2, 0.25) is 0 Å². The molecule has 0 heterocycles. The van der Waals surface area contributed by atoms with Gasteiger partial charge in [0.25, 0.3) is 0 Å². The van der Waals surface area contributed by atoms with Crippen LogP contribution in [0.4, 0.5) is 4.79 Å². The monoisotopic (exact) mass is 482 g/mol. The van der Waals surface area contributed by atoms with Crippen molar-refractivity contribution in [3.8, 4) is 11.1 Å². The summed E-state index contributed by atoms with van der Waals surface area (Å²) < 4.78 is 11.3. The molecule has 35 heavy (non-hydrogen) atoms. The summed E-state index contributed by atoms with van der Waals surface area (Å²) in [5.41, 5.74) is 3.98. The number of aliphatic carboxylic acids is 1. The Morgan fingerprint density at radius 1 is 0.971 bits per heavy atom. The molecule has 2 aromatic carbocycles. The van der Waals surface area contributed by atoms with Gasteiger partial charge in [-0.15, -0.1) is 0 Å². The molecule has 2 aromatic rings. The number of hydrogen-bond acceptors (Lipinski definition) is 5. The Morgan fingerprint density at radius 2 is 1.57 bits per heavy atom. The molecule has 1 aliphatic rings. The molecule has 188 valence electrons. The number of carbonyl (C=O) groups excluding carboxylic acids is 2. The Morgan fingerprint density at radius 3 is 2.14 bits per heavy atom. The van der Waals surface area contributed by atoms with E-state index >= 15 is 0 Å². The number of alkyl carbamates (subject to hydrolysis) is 1. The van der Waals surface area contributed by atoms with Gasteiger partial charge in [0.15, 0.2) is 0 Å². The molecule has 0 bridgehead atoms. The maximum absolute atomic E-state index is 12.7. The summed E-state index contributed by atoms with van der Waals surface area (Å²) in [4.78, 5) is 36.0. The summed E-state index contributed by atoms with van der Waals surface area (Å²) >= 11 is 0. The second-order valence-corrected chi connectivity index (χ2v) is 9.59. The zero-order valence-electron chi connectivity index (χ0n) is 20.5. The Kier molecular flexibility index (Phi) is 8.87. The molecule has 0 fully saturated rings. The summed E-state index contributed by atoms with van der Waals surface area (Å²) in [5.74, 6) is -1.36. The number of benzene rings is 2. The van der Waals surface area contributed by atoms with Crippen LogP contribution in [-0.4, -0.2) is 54.5 Å². The molecule has 3 N–H and O–H groups in total. The topological polar surface area (TPSA) is 114 Å². The molecule has 2 amide bonds. The van der Waals surface area contributed by atoms with Gasteiger partial charge >= 0.3 is 12.1 Å². The molecule has 0 spiro atoms. The van der Waals surface area contributed by atoms with Crippen molar-refractivity contribution in [3.05, 3.63) is 59.7 Å². The number of rotatable bonds is 11. The van der Waals surface area contributed by atoms with Crippen molar-refractivity contribution in [2.45, 2.75) is 57.6 Å². The van der Waals surface area contributed by atoms with Gasteiger partial charge in [0.2, 0.25) is 5.91 Å². The fourth-order valence-corrected chi connectivity index (χ4v) is 4.03. The Balaban J connectivity index is 1.59.